The van der Waals surface area contributed by atoms with Gasteiger partial charge < -0.3 is 0 Å². The van der Waals surface area contributed by atoms with Crippen LogP contribution in [0.5, 0.6) is 0 Å². The summed E-state index contributed by atoms with van der Waals surface area (Å²) in [5.74, 6) is 0.674. The number of aromatic nitrogens is 2. The van der Waals surface area contributed by atoms with Crippen LogP contribution in [0.15, 0.2) is 40.5 Å². The summed E-state index contributed by atoms with van der Waals surface area (Å²) >= 11 is 3.43. The van der Waals surface area contributed by atoms with Gasteiger partial charge in [-0.05, 0) is 42.5 Å². The number of thiophene rings is 1. The van der Waals surface area contributed by atoms with Crippen molar-refractivity contribution in [2.45, 2.75) is 34.9 Å². The van der Waals surface area contributed by atoms with E-state index in [1.807, 2.05) is 6.07 Å². The Labute approximate surface area is 161 Å². The fourth-order valence-corrected chi connectivity index (χ4v) is 6.40. The summed E-state index contributed by atoms with van der Waals surface area (Å²) in [6, 6.07) is 7.14. The number of thioether (sulfide) groups is 1. The van der Waals surface area contributed by atoms with Crippen LogP contribution >= 0.6 is 23.1 Å². The van der Waals surface area contributed by atoms with Crippen molar-refractivity contribution in [1.29, 1.82) is 0 Å². The Morgan fingerprint density at radius 1 is 1.23 bits per heavy atom. The minimum Gasteiger partial charge on any atom is -0.229 e. The first-order valence-electron chi connectivity index (χ1n) is 8.36. The van der Waals surface area contributed by atoms with E-state index in [9.17, 15) is 8.42 Å². The summed E-state index contributed by atoms with van der Waals surface area (Å²) in [6.07, 6.45) is 5.08. The maximum atomic E-state index is 12.3. The summed E-state index contributed by atoms with van der Waals surface area (Å²) < 4.78 is 25.9. The molecule has 0 saturated heterocycles. The van der Waals surface area contributed by atoms with Crippen LogP contribution in [0.25, 0.3) is 10.2 Å². The molecule has 1 aromatic carbocycles. The lowest BCUT2D eigenvalue weighted by atomic mass is 10.2. The van der Waals surface area contributed by atoms with Gasteiger partial charge in [-0.1, -0.05) is 12.1 Å². The largest absolute Gasteiger partial charge is 0.242 e. The SMILES string of the molecule is CN(C)S(=O)(=O)c1cccc(CSc2ncnc3sc4c(c23)CCC4)c1. The number of nitrogens with zero attached hydrogens (tertiary/aromatic N) is 3. The molecule has 2 aromatic heterocycles. The fourth-order valence-electron chi connectivity index (χ4n) is 3.17. The lowest BCUT2D eigenvalue weighted by Crippen LogP contribution is -2.22. The van der Waals surface area contributed by atoms with E-state index in [0.29, 0.717) is 10.6 Å². The van der Waals surface area contributed by atoms with Crippen molar-refractivity contribution in [1.82, 2.24) is 14.3 Å². The number of fused-ring (bicyclic) bond motifs is 3. The molecule has 0 atom stereocenters. The van der Waals surface area contributed by atoms with Gasteiger partial charge in [-0.2, -0.15) is 0 Å². The topological polar surface area (TPSA) is 63.2 Å². The number of benzene rings is 1. The highest BCUT2D eigenvalue weighted by Gasteiger charge is 2.21. The summed E-state index contributed by atoms with van der Waals surface area (Å²) in [4.78, 5) is 11.8. The van der Waals surface area contributed by atoms with Crippen molar-refractivity contribution in [3.8, 4) is 0 Å². The van der Waals surface area contributed by atoms with Gasteiger partial charge in [-0.25, -0.2) is 22.7 Å². The van der Waals surface area contributed by atoms with Crippen molar-refractivity contribution in [3.63, 3.8) is 0 Å². The van der Waals surface area contributed by atoms with E-state index >= 15 is 0 Å². The Balaban J connectivity index is 1.62. The molecule has 0 N–H and O–H groups in total. The molecule has 3 aromatic rings. The molecule has 1 aliphatic rings. The zero-order valence-corrected chi connectivity index (χ0v) is 17.0. The Bertz CT molecular complexity index is 1070. The third-order valence-corrected chi connectivity index (χ3v) is 8.59. The first-order valence-corrected chi connectivity index (χ1v) is 11.6. The Hall–Kier alpha value is -1.48. The van der Waals surface area contributed by atoms with E-state index in [-0.39, 0.29) is 0 Å². The average Bonchev–Trinajstić information content (AvgIpc) is 3.21. The lowest BCUT2D eigenvalue weighted by molar-refractivity contribution is 0.520. The standard InChI is InChI=1S/C18H19N3O2S3/c1-21(2)26(22,23)13-6-3-5-12(9-13)10-24-17-16-14-7-4-8-15(14)25-18(16)20-11-19-17/h3,5-6,9,11H,4,7-8,10H2,1-2H3. The van der Waals surface area contributed by atoms with E-state index in [2.05, 4.69) is 9.97 Å². The van der Waals surface area contributed by atoms with Gasteiger partial charge in [0, 0.05) is 30.1 Å². The maximum absolute atomic E-state index is 12.3. The Kier molecular flexibility index (Phi) is 4.77. The van der Waals surface area contributed by atoms with Crippen molar-refractivity contribution in [2.24, 2.45) is 0 Å². The van der Waals surface area contributed by atoms with E-state index in [1.165, 1.54) is 26.6 Å². The highest BCUT2D eigenvalue weighted by molar-refractivity contribution is 7.98. The predicted molar refractivity (Wildman–Crippen MR) is 106 cm³/mol. The average molecular weight is 406 g/mol. The molecule has 0 saturated carbocycles. The molecule has 26 heavy (non-hydrogen) atoms. The van der Waals surface area contributed by atoms with Crippen LogP contribution in [0.4, 0.5) is 0 Å². The lowest BCUT2D eigenvalue weighted by Gasteiger charge is -2.12. The second-order valence-electron chi connectivity index (χ2n) is 6.44. The van der Waals surface area contributed by atoms with Crippen LogP contribution in [0, 0.1) is 0 Å². The zero-order chi connectivity index (χ0) is 18.3. The number of hydrogen-bond acceptors (Lipinski definition) is 6. The summed E-state index contributed by atoms with van der Waals surface area (Å²) in [5, 5.41) is 2.20. The molecule has 5 nitrogen and oxygen atoms in total. The number of aryl methyl sites for hydroxylation is 2. The van der Waals surface area contributed by atoms with Crippen LogP contribution in [-0.2, 0) is 28.6 Å². The van der Waals surface area contributed by atoms with Crippen molar-refractivity contribution < 1.29 is 8.42 Å². The minimum absolute atomic E-state index is 0.324. The molecule has 0 radical (unpaired) electrons. The van der Waals surface area contributed by atoms with Crippen LogP contribution in [0.3, 0.4) is 0 Å². The fraction of sp³-hybridized carbons (Fsp3) is 0.333. The van der Waals surface area contributed by atoms with Gasteiger partial charge in [0.1, 0.15) is 16.2 Å². The monoisotopic (exact) mass is 405 g/mol. The highest BCUT2D eigenvalue weighted by Crippen LogP contribution is 2.40. The van der Waals surface area contributed by atoms with E-state index in [0.717, 1.165) is 28.3 Å². The first-order chi connectivity index (χ1) is 12.5. The molecule has 0 fully saturated rings. The molecular weight excluding hydrogens is 386 g/mol. The summed E-state index contributed by atoms with van der Waals surface area (Å²) in [7, 11) is -0.322. The second-order valence-corrected chi connectivity index (χ2v) is 10.6. The van der Waals surface area contributed by atoms with Crippen molar-refractivity contribution >= 4 is 43.3 Å². The van der Waals surface area contributed by atoms with Gasteiger partial charge in [0.2, 0.25) is 10.0 Å². The van der Waals surface area contributed by atoms with Crippen molar-refractivity contribution in [3.05, 3.63) is 46.6 Å². The Morgan fingerprint density at radius 3 is 2.88 bits per heavy atom. The molecule has 8 heteroatoms. The summed E-state index contributed by atoms with van der Waals surface area (Å²) in [5.41, 5.74) is 2.38. The smallest absolute Gasteiger partial charge is 0.229 e. The van der Waals surface area contributed by atoms with Crippen LogP contribution in [0.2, 0.25) is 0 Å². The van der Waals surface area contributed by atoms with Crippen LogP contribution in [0.1, 0.15) is 22.4 Å². The number of sulfonamides is 1. The number of rotatable bonds is 5. The zero-order valence-electron chi connectivity index (χ0n) is 14.6. The minimum atomic E-state index is -3.42. The molecule has 0 bridgehead atoms. The van der Waals surface area contributed by atoms with E-state index in [1.54, 1.807) is 61.7 Å². The van der Waals surface area contributed by atoms with Gasteiger partial charge in [0.15, 0.2) is 0 Å². The quantitative estimate of drug-likeness (QED) is 0.478. The van der Waals surface area contributed by atoms with Crippen LogP contribution in [-0.4, -0.2) is 36.8 Å². The van der Waals surface area contributed by atoms with E-state index < -0.39 is 10.0 Å². The molecule has 2 heterocycles. The van der Waals surface area contributed by atoms with Crippen LogP contribution < -0.4 is 0 Å². The van der Waals surface area contributed by atoms with Gasteiger partial charge >= 0.3 is 0 Å². The molecule has 0 aliphatic heterocycles. The normalized spacial score (nSPS) is 14.3. The molecule has 0 spiro atoms. The molecular formula is C18H19N3O2S3. The van der Waals surface area contributed by atoms with Gasteiger partial charge in [-0.15, -0.1) is 23.1 Å². The first kappa shape index (κ1) is 17.9. The molecule has 0 amide bonds. The predicted octanol–water partition coefficient (Wildman–Crippen LogP) is 3.72. The third kappa shape index (κ3) is 3.15. The van der Waals surface area contributed by atoms with E-state index in [4.69, 9.17) is 0 Å². The molecule has 0 unspecified atom stereocenters. The molecule has 4 rings (SSSR count). The number of hydrogen-bond donors (Lipinski definition) is 0. The third-order valence-electron chi connectivity index (χ3n) is 4.52. The van der Waals surface area contributed by atoms with Gasteiger partial charge in [0.25, 0.3) is 0 Å². The van der Waals surface area contributed by atoms with Gasteiger partial charge in [0.05, 0.1) is 4.90 Å². The highest BCUT2D eigenvalue weighted by atomic mass is 32.2. The molecule has 136 valence electrons. The molecule has 1 aliphatic carbocycles. The van der Waals surface area contributed by atoms with Gasteiger partial charge in [-0.3, -0.25) is 0 Å². The van der Waals surface area contributed by atoms with Crippen molar-refractivity contribution in [2.75, 3.05) is 14.1 Å². The second kappa shape index (κ2) is 6.92. The maximum Gasteiger partial charge on any atom is 0.242 e. The Morgan fingerprint density at radius 2 is 2.08 bits per heavy atom. The summed E-state index contributed by atoms with van der Waals surface area (Å²) in [6.45, 7) is 0.